The SMILES string of the molecule is CCCCCC1(N2CCN(c3ccccc3)C(C)C2)CC1. The largest absolute Gasteiger partial charge is 0.366 e. The van der Waals surface area contributed by atoms with E-state index >= 15 is 0 Å². The van der Waals surface area contributed by atoms with Crippen LogP contribution in [0.3, 0.4) is 0 Å². The molecule has 0 bridgehead atoms. The van der Waals surface area contributed by atoms with Gasteiger partial charge in [-0.1, -0.05) is 44.4 Å². The Bertz CT molecular complexity index is 438. The molecule has 2 aliphatic rings. The topological polar surface area (TPSA) is 6.48 Å². The van der Waals surface area contributed by atoms with Crippen molar-refractivity contribution in [1.82, 2.24) is 4.90 Å². The number of anilines is 1. The van der Waals surface area contributed by atoms with Gasteiger partial charge in [-0.05, 0) is 38.3 Å². The smallest absolute Gasteiger partial charge is 0.0389 e. The summed E-state index contributed by atoms with van der Waals surface area (Å²) in [7, 11) is 0. The fourth-order valence-electron chi connectivity index (χ4n) is 3.96. The molecule has 116 valence electrons. The average Bonchev–Trinajstić information content (AvgIpc) is 3.29. The summed E-state index contributed by atoms with van der Waals surface area (Å²) in [6.45, 7) is 8.36. The molecule has 0 radical (unpaired) electrons. The molecule has 1 heterocycles. The molecule has 1 aromatic carbocycles. The summed E-state index contributed by atoms with van der Waals surface area (Å²) >= 11 is 0. The van der Waals surface area contributed by atoms with Crippen molar-refractivity contribution in [3.8, 4) is 0 Å². The summed E-state index contributed by atoms with van der Waals surface area (Å²) in [6.07, 6.45) is 8.47. The zero-order valence-electron chi connectivity index (χ0n) is 13.7. The summed E-state index contributed by atoms with van der Waals surface area (Å²) in [5.74, 6) is 0. The highest BCUT2D eigenvalue weighted by Crippen LogP contribution is 2.46. The minimum atomic E-state index is 0.589. The maximum Gasteiger partial charge on any atom is 0.0389 e. The number of unbranched alkanes of at least 4 members (excludes halogenated alkanes) is 2. The Kier molecular flexibility index (Phi) is 4.54. The minimum Gasteiger partial charge on any atom is -0.366 e. The number of hydrogen-bond donors (Lipinski definition) is 0. The van der Waals surface area contributed by atoms with Crippen molar-refractivity contribution in [1.29, 1.82) is 0 Å². The molecule has 1 aliphatic carbocycles. The van der Waals surface area contributed by atoms with Crippen LogP contribution in [-0.4, -0.2) is 36.1 Å². The van der Waals surface area contributed by atoms with Crippen LogP contribution < -0.4 is 4.90 Å². The molecule has 1 atom stereocenters. The minimum absolute atomic E-state index is 0.589. The lowest BCUT2D eigenvalue weighted by atomic mass is 10.0. The lowest BCUT2D eigenvalue weighted by Crippen LogP contribution is -2.56. The van der Waals surface area contributed by atoms with Gasteiger partial charge in [0.15, 0.2) is 0 Å². The van der Waals surface area contributed by atoms with Gasteiger partial charge in [0, 0.05) is 36.9 Å². The van der Waals surface area contributed by atoms with E-state index in [1.165, 1.54) is 63.8 Å². The molecule has 1 aliphatic heterocycles. The number of para-hydroxylation sites is 1. The van der Waals surface area contributed by atoms with E-state index in [4.69, 9.17) is 0 Å². The summed E-state index contributed by atoms with van der Waals surface area (Å²) in [5, 5.41) is 0. The van der Waals surface area contributed by atoms with E-state index in [2.05, 4.69) is 54.0 Å². The van der Waals surface area contributed by atoms with E-state index in [9.17, 15) is 0 Å². The third-order valence-electron chi connectivity index (χ3n) is 5.46. The second-order valence-corrected chi connectivity index (χ2v) is 7.01. The van der Waals surface area contributed by atoms with Gasteiger partial charge in [0.2, 0.25) is 0 Å². The highest BCUT2D eigenvalue weighted by molar-refractivity contribution is 5.47. The lowest BCUT2D eigenvalue weighted by molar-refractivity contribution is 0.136. The molecule has 2 fully saturated rings. The summed E-state index contributed by atoms with van der Waals surface area (Å²) in [6, 6.07) is 11.5. The van der Waals surface area contributed by atoms with Crippen LogP contribution in [0.4, 0.5) is 5.69 Å². The third-order valence-corrected chi connectivity index (χ3v) is 5.46. The molecule has 1 saturated carbocycles. The van der Waals surface area contributed by atoms with E-state index in [-0.39, 0.29) is 0 Å². The molecule has 1 unspecified atom stereocenters. The highest BCUT2D eigenvalue weighted by Gasteiger charge is 2.48. The molecule has 3 rings (SSSR count). The first-order valence-corrected chi connectivity index (χ1v) is 8.82. The first-order chi connectivity index (χ1) is 10.2. The van der Waals surface area contributed by atoms with Gasteiger partial charge in [0.25, 0.3) is 0 Å². The molecule has 21 heavy (non-hydrogen) atoms. The van der Waals surface area contributed by atoms with Crippen LogP contribution in [0.5, 0.6) is 0 Å². The van der Waals surface area contributed by atoms with E-state index in [1.807, 2.05) is 0 Å². The quantitative estimate of drug-likeness (QED) is 0.719. The first-order valence-electron chi connectivity index (χ1n) is 8.82. The maximum absolute atomic E-state index is 2.81. The van der Waals surface area contributed by atoms with Gasteiger partial charge in [0.1, 0.15) is 0 Å². The maximum atomic E-state index is 2.81. The molecular weight excluding hydrogens is 256 g/mol. The van der Waals surface area contributed by atoms with Crippen LogP contribution in [0, 0.1) is 0 Å². The number of rotatable bonds is 6. The summed E-state index contributed by atoms with van der Waals surface area (Å²) in [5.41, 5.74) is 1.98. The van der Waals surface area contributed by atoms with E-state index in [0.717, 1.165) is 0 Å². The van der Waals surface area contributed by atoms with Crippen molar-refractivity contribution < 1.29 is 0 Å². The fourth-order valence-corrected chi connectivity index (χ4v) is 3.96. The van der Waals surface area contributed by atoms with Crippen LogP contribution in [0.2, 0.25) is 0 Å². The number of nitrogens with zero attached hydrogens (tertiary/aromatic N) is 2. The van der Waals surface area contributed by atoms with E-state index in [1.54, 1.807) is 0 Å². The van der Waals surface area contributed by atoms with E-state index in [0.29, 0.717) is 11.6 Å². The van der Waals surface area contributed by atoms with Crippen molar-refractivity contribution in [2.24, 2.45) is 0 Å². The molecule has 0 aromatic heterocycles. The Morgan fingerprint density at radius 2 is 1.86 bits per heavy atom. The zero-order chi connectivity index (χ0) is 14.7. The highest BCUT2D eigenvalue weighted by atomic mass is 15.3. The Morgan fingerprint density at radius 3 is 2.48 bits per heavy atom. The standard InChI is InChI=1S/C19H30N2/c1-3-4-8-11-19(12-13-19)20-14-15-21(17(2)16-20)18-9-6-5-7-10-18/h5-7,9-10,17H,3-4,8,11-16H2,1-2H3. The van der Waals surface area contributed by atoms with Crippen LogP contribution in [0.25, 0.3) is 0 Å². The predicted octanol–water partition coefficient (Wildman–Crippen LogP) is 4.31. The Labute approximate surface area is 130 Å². The van der Waals surface area contributed by atoms with Crippen LogP contribution in [0.15, 0.2) is 30.3 Å². The van der Waals surface area contributed by atoms with Gasteiger partial charge in [-0.3, -0.25) is 4.90 Å². The van der Waals surface area contributed by atoms with Gasteiger partial charge in [-0.15, -0.1) is 0 Å². The van der Waals surface area contributed by atoms with Crippen molar-refractivity contribution in [2.45, 2.75) is 64.0 Å². The molecule has 0 N–H and O–H groups in total. The molecule has 2 nitrogen and oxygen atoms in total. The predicted molar refractivity (Wildman–Crippen MR) is 90.9 cm³/mol. The summed E-state index contributed by atoms with van der Waals surface area (Å²) in [4.78, 5) is 5.39. The van der Waals surface area contributed by atoms with Crippen LogP contribution >= 0.6 is 0 Å². The molecule has 2 heteroatoms. The Hall–Kier alpha value is -1.02. The third kappa shape index (κ3) is 3.26. The fraction of sp³-hybridized carbons (Fsp3) is 0.684. The average molecular weight is 286 g/mol. The number of hydrogen-bond acceptors (Lipinski definition) is 2. The van der Waals surface area contributed by atoms with Gasteiger partial charge in [0.05, 0.1) is 0 Å². The second kappa shape index (κ2) is 6.39. The molecule has 0 spiro atoms. The number of benzene rings is 1. The van der Waals surface area contributed by atoms with Gasteiger partial charge < -0.3 is 4.90 Å². The van der Waals surface area contributed by atoms with Crippen molar-refractivity contribution in [3.63, 3.8) is 0 Å². The van der Waals surface area contributed by atoms with E-state index < -0.39 is 0 Å². The molecule has 1 aromatic rings. The monoisotopic (exact) mass is 286 g/mol. The van der Waals surface area contributed by atoms with Gasteiger partial charge in [-0.2, -0.15) is 0 Å². The second-order valence-electron chi connectivity index (χ2n) is 7.01. The molecule has 0 amide bonds. The van der Waals surface area contributed by atoms with Crippen molar-refractivity contribution in [3.05, 3.63) is 30.3 Å². The lowest BCUT2D eigenvalue weighted by Gasteiger charge is -2.45. The Balaban J connectivity index is 1.58. The number of piperazine rings is 1. The van der Waals surface area contributed by atoms with Crippen molar-refractivity contribution in [2.75, 3.05) is 24.5 Å². The molecule has 1 saturated heterocycles. The van der Waals surface area contributed by atoms with Gasteiger partial charge in [-0.25, -0.2) is 0 Å². The van der Waals surface area contributed by atoms with Crippen molar-refractivity contribution >= 4 is 5.69 Å². The normalized spacial score (nSPS) is 25.0. The zero-order valence-corrected chi connectivity index (χ0v) is 13.7. The van der Waals surface area contributed by atoms with Crippen LogP contribution in [0.1, 0.15) is 52.4 Å². The van der Waals surface area contributed by atoms with Gasteiger partial charge >= 0.3 is 0 Å². The van der Waals surface area contributed by atoms with Crippen LogP contribution in [-0.2, 0) is 0 Å². The molecular formula is C19H30N2. The summed E-state index contributed by atoms with van der Waals surface area (Å²) < 4.78 is 0. The first kappa shape index (κ1) is 14.9. The Morgan fingerprint density at radius 1 is 1.10 bits per heavy atom.